The Kier molecular flexibility index (Phi) is 6.74. The number of hydrogen-bond donors (Lipinski definition) is 1. The lowest BCUT2D eigenvalue weighted by Gasteiger charge is -2.05. The van der Waals surface area contributed by atoms with Crippen molar-refractivity contribution in [2.45, 2.75) is 6.42 Å². The summed E-state index contributed by atoms with van der Waals surface area (Å²) in [5.74, 6) is -0.858. The number of hydrogen-bond acceptors (Lipinski definition) is 4. The van der Waals surface area contributed by atoms with E-state index in [1.54, 1.807) is 24.3 Å². The van der Waals surface area contributed by atoms with E-state index in [2.05, 4.69) is 21.2 Å². The van der Waals surface area contributed by atoms with Crippen LogP contribution < -0.4 is 5.32 Å². The lowest BCUT2D eigenvalue weighted by Crippen LogP contribution is -2.30. The molecule has 0 spiro atoms. The lowest BCUT2D eigenvalue weighted by molar-refractivity contribution is -0.143. The molecule has 0 atom stereocenters. The zero-order chi connectivity index (χ0) is 17.4. The molecule has 126 valence electrons. The molecule has 0 saturated carbocycles. The standard InChI is InChI=1S/C17H15BrFNO4/c18-15-7-5-14(24-15)6-8-17(22)23-11-16(21)20-10-9-12-1-3-13(19)4-2-12/h1-8H,9-11H2,(H,20,21). The summed E-state index contributed by atoms with van der Waals surface area (Å²) in [6, 6.07) is 9.40. The molecule has 0 aliphatic carbocycles. The van der Waals surface area contributed by atoms with Gasteiger partial charge in [-0.15, -0.1) is 0 Å². The first kappa shape index (κ1) is 17.9. The third-order valence-electron chi connectivity index (χ3n) is 2.97. The van der Waals surface area contributed by atoms with Gasteiger partial charge in [-0.3, -0.25) is 4.79 Å². The normalized spacial score (nSPS) is 10.8. The van der Waals surface area contributed by atoms with Gasteiger partial charge in [0.05, 0.1) is 0 Å². The largest absolute Gasteiger partial charge is 0.452 e. The fourth-order valence-electron chi connectivity index (χ4n) is 1.80. The Hall–Kier alpha value is -2.41. The molecule has 24 heavy (non-hydrogen) atoms. The van der Waals surface area contributed by atoms with Gasteiger partial charge in [0, 0.05) is 12.6 Å². The van der Waals surface area contributed by atoms with Crippen LogP contribution in [-0.4, -0.2) is 25.0 Å². The molecular formula is C17H15BrFNO4. The van der Waals surface area contributed by atoms with Crippen molar-refractivity contribution in [1.29, 1.82) is 0 Å². The van der Waals surface area contributed by atoms with Gasteiger partial charge < -0.3 is 14.5 Å². The predicted octanol–water partition coefficient (Wildman–Crippen LogP) is 3.10. The Bertz CT molecular complexity index is 724. The first-order valence-corrected chi connectivity index (χ1v) is 7.93. The van der Waals surface area contributed by atoms with Gasteiger partial charge in [0.1, 0.15) is 11.6 Å². The average Bonchev–Trinajstić information content (AvgIpc) is 2.98. The molecule has 2 rings (SSSR count). The van der Waals surface area contributed by atoms with Gasteiger partial charge >= 0.3 is 5.97 Å². The van der Waals surface area contributed by atoms with Crippen LogP contribution in [0.5, 0.6) is 0 Å². The molecule has 1 aromatic carbocycles. The van der Waals surface area contributed by atoms with Crippen LogP contribution in [0.25, 0.3) is 6.08 Å². The number of halogens is 2. The zero-order valence-electron chi connectivity index (χ0n) is 12.6. The summed E-state index contributed by atoms with van der Waals surface area (Å²) < 4.78 is 23.3. The number of carbonyl (C=O) groups excluding carboxylic acids is 2. The first-order valence-electron chi connectivity index (χ1n) is 7.14. The molecule has 0 unspecified atom stereocenters. The monoisotopic (exact) mass is 395 g/mol. The van der Waals surface area contributed by atoms with E-state index in [-0.39, 0.29) is 12.4 Å². The molecule has 7 heteroatoms. The Morgan fingerprint density at radius 1 is 1.21 bits per heavy atom. The number of carbonyl (C=O) groups is 2. The number of esters is 1. The molecule has 0 aliphatic rings. The highest BCUT2D eigenvalue weighted by molar-refractivity contribution is 9.10. The van der Waals surface area contributed by atoms with Gasteiger partial charge in [-0.05, 0) is 58.3 Å². The van der Waals surface area contributed by atoms with Crippen molar-refractivity contribution in [3.8, 4) is 0 Å². The molecule has 1 heterocycles. The van der Waals surface area contributed by atoms with Gasteiger partial charge in [0.15, 0.2) is 11.3 Å². The topological polar surface area (TPSA) is 68.5 Å². The third kappa shape index (κ3) is 6.37. The predicted molar refractivity (Wildman–Crippen MR) is 89.5 cm³/mol. The van der Waals surface area contributed by atoms with Crippen molar-refractivity contribution >= 4 is 33.9 Å². The molecule has 0 saturated heterocycles. The Balaban J connectivity index is 1.64. The maximum Gasteiger partial charge on any atom is 0.331 e. The fraction of sp³-hybridized carbons (Fsp3) is 0.176. The number of ether oxygens (including phenoxy) is 1. The summed E-state index contributed by atoms with van der Waals surface area (Å²) in [6.45, 7) is 0.00666. The van der Waals surface area contributed by atoms with Crippen molar-refractivity contribution in [2.24, 2.45) is 0 Å². The quantitative estimate of drug-likeness (QED) is 0.577. The summed E-state index contributed by atoms with van der Waals surface area (Å²) in [6.07, 6.45) is 3.18. The van der Waals surface area contributed by atoms with Crippen LogP contribution in [-0.2, 0) is 20.7 Å². The van der Waals surface area contributed by atoms with E-state index in [1.165, 1.54) is 24.3 Å². The van der Waals surface area contributed by atoms with E-state index in [1.807, 2.05) is 0 Å². The minimum atomic E-state index is -0.642. The van der Waals surface area contributed by atoms with E-state index in [0.717, 1.165) is 5.56 Å². The van der Waals surface area contributed by atoms with E-state index in [0.29, 0.717) is 23.4 Å². The van der Waals surface area contributed by atoms with Crippen molar-refractivity contribution in [2.75, 3.05) is 13.2 Å². The van der Waals surface area contributed by atoms with E-state index >= 15 is 0 Å². The molecular weight excluding hydrogens is 381 g/mol. The number of benzene rings is 1. The van der Waals surface area contributed by atoms with Gasteiger partial charge in [-0.25, -0.2) is 9.18 Å². The van der Waals surface area contributed by atoms with Gasteiger partial charge in [-0.2, -0.15) is 0 Å². The Morgan fingerprint density at radius 3 is 2.62 bits per heavy atom. The molecule has 0 bridgehead atoms. The second-order valence-electron chi connectivity index (χ2n) is 4.81. The van der Waals surface area contributed by atoms with Crippen LogP contribution in [0, 0.1) is 5.82 Å². The maximum absolute atomic E-state index is 12.8. The summed E-state index contributed by atoms with van der Waals surface area (Å²) in [7, 11) is 0. The molecule has 5 nitrogen and oxygen atoms in total. The van der Waals surface area contributed by atoms with Crippen LogP contribution >= 0.6 is 15.9 Å². The maximum atomic E-state index is 12.8. The van der Waals surface area contributed by atoms with Crippen LogP contribution in [0.1, 0.15) is 11.3 Å². The van der Waals surface area contributed by atoms with Crippen molar-refractivity contribution in [1.82, 2.24) is 5.32 Å². The van der Waals surface area contributed by atoms with E-state index in [9.17, 15) is 14.0 Å². The third-order valence-corrected chi connectivity index (χ3v) is 3.40. The Labute approximate surface area is 146 Å². The highest BCUT2D eigenvalue weighted by Crippen LogP contribution is 2.14. The Morgan fingerprint density at radius 2 is 1.96 bits per heavy atom. The van der Waals surface area contributed by atoms with Crippen LogP contribution in [0.15, 0.2) is 51.6 Å². The van der Waals surface area contributed by atoms with Crippen LogP contribution in [0.2, 0.25) is 0 Å². The zero-order valence-corrected chi connectivity index (χ0v) is 14.2. The van der Waals surface area contributed by atoms with Crippen molar-refractivity contribution in [3.05, 3.63) is 64.3 Å². The first-order chi connectivity index (χ1) is 11.5. The van der Waals surface area contributed by atoms with E-state index in [4.69, 9.17) is 9.15 Å². The highest BCUT2D eigenvalue weighted by Gasteiger charge is 2.05. The summed E-state index contributed by atoms with van der Waals surface area (Å²) >= 11 is 3.15. The lowest BCUT2D eigenvalue weighted by atomic mass is 10.1. The van der Waals surface area contributed by atoms with Crippen LogP contribution in [0.3, 0.4) is 0 Å². The molecule has 1 N–H and O–H groups in total. The number of amides is 1. The summed E-state index contributed by atoms with van der Waals surface area (Å²) in [4.78, 5) is 23.0. The SMILES string of the molecule is O=C(COC(=O)C=Cc1ccc(Br)o1)NCCc1ccc(F)cc1. The fourth-order valence-corrected chi connectivity index (χ4v) is 2.12. The van der Waals surface area contributed by atoms with Crippen molar-refractivity contribution < 1.29 is 23.1 Å². The summed E-state index contributed by atoms with van der Waals surface area (Å²) in [5, 5.41) is 2.62. The molecule has 1 amide bonds. The van der Waals surface area contributed by atoms with Crippen LogP contribution in [0.4, 0.5) is 4.39 Å². The van der Waals surface area contributed by atoms with Gasteiger partial charge in [-0.1, -0.05) is 12.1 Å². The average molecular weight is 396 g/mol. The summed E-state index contributed by atoms with van der Waals surface area (Å²) in [5.41, 5.74) is 0.904. The number of rotatable bonds is 7. The minimum absolute atomic E-state index is 0.301. The van der Waals surface area contributed by atoms with Gasteiger partial charge in [0.2, 0.25) is 0 Å². The van der Waals surface area contributed by atoms with Gasteiger partial charge in [0.25, 0.3) is 5.91 Å². The van der Waals surface area contributed by atoms with E-state index < -0.39 is 11.9 Å². The second kappa shape index (κ2) is 9.02. The molecule has 0 radical (unpaired) electrons. The number of furan rings is 1. The minimum Gasteiger partial charge on any atom is -0.452 e. The second-order valence-corrected chi connectivity index (χ2v) is 5.59. The highest BCUT2D eigenvalue weighted by atomic mass is 79.9. The molecule has 0 fully saturated rings. The number of nitrogens with one attached hydrogen (secondary N) is 1. The molecule has 1 aromatic heterocycles. The molecule has 2 aromatic rings. The van der Waals surface area contributed by atoms with Crippen molar-refractivity contribution in [3.63, 3.8) is 0 Å². The molecule has 0 aliphatic heterocycles. The smallest absolute Gasteiger partial charge is 0.331 e.